The smallest absolute Gasteiger partial charge is 0.315 e. The molecular weight excluding hydrogens is 384 g/mol. The Hall–Kier alpha value is -3.30. The van der Waals surface area contributed by atoms with E-state index in [0.717, 1.165) is 11.1 Å². The molecule has 1 aromatic heterocycles. The molecule has 0 spiro atoms. The van der Waals surface area contributed by atoms with Crippen LogP contribution in [0.2, 0.25) is 0 Å². The van der Waals surface area contributed by atoms with E-state index in [1.165, 1.54) is 0 Å². The number of amides is 2. The zero-order valence-electron chi connectivity index (χ0n) is 16.2. The van der Waals surface area contributed by atoms with Crippen molar-refractivity contribution in [3.05, 3.63) is 66.2 Å². The van der Waals surface area contributed by atoms with Crippen LogP contribution in [0.3, 0.4) is 0 Å². The lowest BCUT2D eigenvalue weighted by atomic mass is 10.1. The zero-order chi connectivity index (χ0) is 20.3. The topological polar surface area (TPSA) is 103 Å². The predicted molar refractivity (Wildman–Crippen MR) is 107 cm³/mol. The number of benzene rings is 2. The first-order valence-corrected chi connectivity index (χ1v) is 9.94. The molecule has 2 aliphatic heterocycles. The van der Waals surface area contributed by atoms with E-state index in [4.69, 9.17) is 9.47 Å². The van der Waals surface area contributed by atoms with Crippen LogP contribution in [-0.4, -0.2) is 57.7 Å². The molecule has 3 heterocycles. The number of tetrazole rings is 1. The van der Waals surface area contributed by atoms with Crippen molar-refractivity contribution < 1.29 is 14.3 Å². The average molecular weight is 406 g/mol. The molecule has 154 valence electrons. The van der Waals surface area contributed by atoms with Crippen molar-refractivity contribution in [1.29, 1.82) is 0 Å². The molecule has 2 amide bonds. The van der Waals surface area contributed by atoms with Crippen LogP contribution in [-0.2, 0) is 16.0 Å². The number of aromatic nitrogens is 4. The highest BCUT2D eigenvalue weighted by atomic mass is 16.6. The average Bonchev–Trinajstić information content (AvgIpc) is 3.51. The van der Waals surface area contributed by atoms with Crippen molar-refractivity contribution in [3.8, 4) is 11.4 Å². The lowest BCUT2D eigenvalue weighted by Gasteiger charge is -2.18. The van der Waals surface area contributed by atoms with Crippen molar-refractivity contribution in [3.63, 3.8) is 0 Å². The summed E-state index contributed by atoms with van der Waals surface area (Å²) < 4.78 is 13.8. The molecule has 0 radical (unpaired) electrons. The van der Waals surface area contributed by atoms with E-state index in [1.54, 1.807) is 4.68 Å². The fourth-order valence-corrected chi connectivity index (χ4v) is 4.00. The van der Waals surface area contributed by atoms with E-state index in [2.05, 4.69) is 26.2 Å². The Kier molecular flexibility index (Phi) is 5.12. The standard InChI is InChI=1S/C21H22N6O3/c28-21(22-11-14-7-3-1-4-8-14)23-16-12-29-19-17(13-30-18(16)19)27-20(24-25-26-27)15-9-5-2-6-10-15/h1-10,16-19H,11-13H2,(H2,22,23,28)/t16-,17-,18+,19+/m0/s1. The van der Waals surface area contributed by atoms with Crippen LogP contribution in [0.25, 0.3) is 11.4 Å². The largest absolute Gasteiger partial charge is 0.371 e. The van der Waals surface area contributed by atoms with E-state index in [1.807, 2.05) is 60.7 Å². The maximum absolute atomic E-state index is 12.3. The van der Waals surface area contributed by atoms with Gasteiger partial charge in [-0.05, 0) is 16.0 Å². The van der Waals surface area contributed by atoms with Crippen molar-refractivity contribution in [2.45, 2.75) is 30.8 Å². The maximum Gasteiger partial charge on any atom is 0.315 e. The number of carbonyl (C=O) groups is 1. The van der Waals surface area contributed by atoms with Crippen molar-refractivity contribution >= 4 is 6.03 Å². The molecule has 2 aliphatic rings. The third kappa shape index (κ3) is 3.64. The van der Waals surface area contributed by atoms with Gasteiger partial charge in [0, 0.05) is 12.1 Å². The molecule has 9 nitrogen and oxygen atoms in total. The van der Waals surface area contributed by atoms with Crippen LogP contribution in [0, 0.1) is 0 Å². The molecule has 9 heteroatoms. The molecule has 30 heavy (non-hydrogen) atoms. The van der Waals surface area contributed by atoms with Gasteiger partial charge in [0.1, 0.15) is 18.2 Å². The summed E-state index contributed by atoms with van der Waals surface area (Å²) in [4.78, 5) is 12.3. The summed E-state index contributed by atoms with van der Waals surface area (Å²) in [5.41, 5.74) is 1.97. The van der Waals surface area contributed by atoms with E-state index in [0.29, 0.717) is 25.6 Å². The number of nitrogens with one attached hydrogen (secondary N) is 2. The first-order chi connectivity index (χ1) is 14.8. The first-order valence-electron chi connectivity index (χ1n) is 9.94. The van der Waals surface area contributed by atoms with Gasteiger partial charge in [-0.15, -0.1) is 5.10 Å². The fraction of sp³-hybridized carbons (Fsp3) is 0.333. The molecule has 0 bridgehead atoms. The monoisotopic (exact) mass is 406 g/mol. The summed E-state index contributed by atoms with van der Waals surface area (Å²) in [5, 5.41) is 18.1. The minimum absolute atomic E-state index is 0.153. The number of carbonyl (C=O) groups excluding carboxylic acids is 1. The maximum atomic E-state index is 12.3. The van der Waals surface area contributed by atoms with Gasteiger partial charge in [0.05, 0.1) is 19.3 Å². The second-order valence-corrected chi connectivity index (χ2v) is 7.40. The third-order valence-electron chi connectivity index (χ3n) is 5.48. The van der Waals surface area contributed by atoms with Crippen molar-refractivity contribution in [1.82, 2.24) is 30.8 Å². The molecule has 0 unspecified atom stereocenters. The molecule has 2 aromatic carbocycles. The van der Waals surface area contributed by atoms with Crippen molar-refractivity contribution in [2.75, 3.05) is 13.2 Å². The summed E-state index contributed by atoms with van der Waals surface area (Å²) in [5.74, 6) is 0.672. The normalized spacial score (nSPS) is 25.1. The van der Waals surface area contributed by atoms with E-state index in [9.17, 15) is 4.79 Å². The Bertz CT molecular complexity index is 996. The minimum atomic E-state index is -0.245. The number of nitrogens with zero attached hydrogens (tertiary/aromatic N) is 4. The van der Waals surface area contributed by atoms with Crippen LogP contribution >= 0.6 is 0 Å². The molecule has 2 fully saturated rings. The summed E-state index contributed by atoms with van der Waals surface area (Å²) in [6, 6.07) is 18.9. The fourth-order valence-electron chi connectivity index (χ4n) is 4.00. The van der Waals surface area contributed by atoms with Gasteiger partial charge in [0.25, 0.3) is 0 Å². The third-order valence-corrected chi connectivity index (χ3v) is 5.48. The SMILES string of the molecule is O=C(NCc1ccccc1)N[C@H]1CO[C@H]2[C@@H]1OC[C@@H]2n1nnnc1-c1ccccc1. The molecule has 5 rings (SSSR count). The summed E-state index contributed by atoms with van der Waals surface area (Å²) in [7, 11) is 0. The van der Waals surface area contributed by atoms with E-state index < -0.39 is 0 Å². The number of ether oxygens (including phenoxy) is 2. The molecule has 2 N–H and O–H groups in total. The Morgan fingerprint density at radius 1 is 1.00 bits per heavy atom. The quantitative estimate of drug-likeness (QED) is 0.666. The Morgan fingerprint density at radius 3 is 2.53 bits per heavy atom. The van der Waals surface area contributed by atoms with Gasteiger partial charge in [-0.25, -0.2) is 9.48 Å². The number of fused-ring (bicyclic) bond motifs is 1. The van der Waals surface area contributed by atoms with Gasteiger partial charge < -0.3 is 20.1 Å². The van der Waals surface area contributed by atoms with Crippen LogP contribution in [0.15, 0.2) is 60.7 Å². The Labute approximate surface area is 173 Å². The number of hydrogen-bond acceptors (Lipinski definition) is 6. The highest BCUT2D eigenvalue weighted by molar-refractivity contribution is 5.74. The van der Waals surface area contributed by atoms with Gasteiger partial charge in [0.15, 0.2) is 5.82 Å². The second-order valence-electron chi connectivity index (χ2n) is 7.40. The van der Waals surface area contributed by atoms with Gasteiger partial charge in [0.2, 0.25) is 0 Å². The van der Waals surface area contributed by atoms with Crippen LogP contribution in [0.5, 0.6) is 0 Å². The van der Waals surface area contributed by atoms with Gasteiger partial charge in [-0.2, -0.15) is 0 Å². The molecule has 2 saturated heterocycles. The lowest BCUT2D eigenvalue weighted by Crippen LogP contribution is -2.48. The summed E-state index contributed by atoms with van der Waals surface area (Å²) in [6.45, 7) is 1.26. The predicted octanol–water partition coefficient (Wildman–Crippen LogP) is 1.55. The van der Waals surface area contributed by atoms with Crippen LogP contribution in [0.1, 0.15) is 11.6 Å². The summed E-state index contributed by atoms with van der Waals surface area (Å²) >= 11 is 0. The first kappa shape index (κ1) is 18.7. The number of urea groups is 1. The molecular formula is C21H22N6O3. The second kappa shape index (κ2) is 8.21. The number of hydrogen-bond donors (Lipinski definition) is 2. The van der Waals surface area contributed by atoms with Crippen molar-refractivity contribution in [2.24, 2.45) is 0 Å². The lowest BCUT2D eigenvalue weighted by molar-refractivity contribution is 0.0624. The Morgan fingerprint density at radius 2 is 1.73 bits per heavy atom. The number of rotatable bonds is 5. The molecule has 3 aromatic rings. The minimum Gasteiger partial charge on any atom is -0.371 e. The zero-order valence-corrected chi connectivity index (χ0v) is 16.2. The highest BCUT2D eigenvalue weighted by Gasteiger charge is 2.50. The van der Waals surface area contributed by atoms with Gasteiger partial charge in [-0.3, -0.25) is 0 Å². The molecule has 4 atom stereocenters. The van der Waals surface area contributed by atoms with E-state index in [-0.39, 0.29) is 30.3 Å². The highest BCUT2D eigenvalue weighted by Crippen LogP contribution is 2.35. The van der Waals surface area contributed by atoms with Crippen LogP contribution < -0.4 is 10.6 Å². The molecule has 0 aliphatic carbocycles. The van der Waals surface area contributed by atoms with Gasteiger partial charge >= 0.3 is 6.03 Å². The summed E-state index contributed by atoms with van der Waals surface area (Å²) in [6.07, 6.45) is -0.472. The Balaban J connectivity index is 1.23. The van der Waals surface area contributed by atoms with Crippen LogP contribution in [0.4, 0.5) is 4.79 Å². The van der Waals surface area contributed by atoms with Gasteiger partial charge in [-0.1, -0.05) is 60.7 Å². The molecule has 0 saturated carbocycles. The van der Waals surface area contributed by atoms with E-state index >= 15 is 0 Å².